The Balaban J connectivity index is 2.73. The Morgan fingerprint density at radius 2 is 2.17 bits per heavy atom. The van der Waals surface area contributed by atoms with Gasteiger partial charge in [-0.05, 0) is 49.9 Å². The van der Waals surface area contributed by atoms with Crippen molar-refractivity contribution < 1.29 is 4.74 Å². The van der Waals surface area contributed by atoms with Crippen LogP contribution in [0.5, 0.6) is 0 Å². The van der Waals surface area contributed by atoms with Crippen molar-refractivity contribution in [3.63, 3.8) is 0 Å². The van der Waals surface area contributed by atoms with E-state index in [0.717, 1.165) is 37.4 Å². The molecule has 0 spiro atoms. The molecule has 18 heavy (non-hydrogen) atoms. The minimum Gasteiger partial charge on any atom is -0.385 e. The predicted octanol–water partition coefficient (Wildman–Crippen LogP) is 4.12. The predicted molar refractivity (Wildman–Crippen MR) is 78.3 cm³/mol. The Morgan fingerprint density at radius 3 is 2.78 bits per heavy atom. The number of aryl methyl sites for hydroxylation is 1. The van der Waals surface area contributed by atoms with Crippen LogP contribution in [0.3, 0.4) is 0 Å². The molecule has 0 aromatic heterocycles. The van der Waals surface area contributed by atoms with Crippen molar-refractivity contribution in [3.8, 4) is 0 Å². The van der Waals surface area contributed by atoms with Crippen LogP contribution < -0.4 is 5.32 Å². The van der Waals surface area contributed by atoms with E-state index in [1.54, 1.807) is 7.11 Å². The maximum absolute atomic E-state index is 6.34. The molecule has 2 nitrogen and oxygen atoms in total. The molecule has 1 aromatic carbocycles. The zero-order chi connectivity index (χ0) is 13.4. The van der Waals surface area contributed by atoms with Crippen molar-refractivity contribution in [1.82, 2.24) is 5.32 Å². The van der Waals surface area contributed by atoms with Crippen LogP contribution in [-0.2, 0) is 4.74 Å². The highest BCUT2D eigenvalue weighted by atomic mass is 35.5. The number of nitrogens with one attached hydrogen (secondary N) is 1. The zero-order valence-corrected chi connectivity index (χ0v) is 12.4. The average molecular weight is 270 g/mol. The highest BCUT2D eigenvalue weighted by Crippen LogP contribution is 2.27. The first-order valence-electron chi connectivity index (χ1n) is 6.67. The second-order valence-electron chi connectivity index (χ2n) is 4.67. The molecule has 1 rings (SSSR count). The summed E-state index contributed by atoms with van der Waals surface area (Å²) in [5, 5.41) is 4.43. The van der Waals surface area contributed by atoms with E-state index in [0.29, 0.717) is 6.04 Å². The van der Waals surface area contributed by atoms with Gasteiger partial charge in [0.15, 0.2) is 0 Å². The highest BCUT2D eigenvalue weighted by molar-refractivity contribution is 6.31. The van der Waals surface area contributed by atoms with Crippen LogP contribution in [0.2, 0.25) is 5.02 Å². The first-order valence-corrected chi connectivity index (χ1v) is 7.05. The monoisotopic (exact) mass is 269 g/mol. The van der Waals surface area contributed by atoms with Gasteiger partial charge in [-0.3, -0.25) is 0 Å². The van der Waals surface area contributed by atoms with E-state index in [2.05, 4.69) is 31.3 Å². The van der Waals surface area contributed by atoms with E-state index in [4.69, 9.17) is 16.3 Å². The summed E-state index contributed by atoms with van der Waals surface area (Å²) < 4.78 is 5.12. The van der Waals surface area contributed by atoms with Crippen molar-refractivity contribution in [3.05, 3.63) is 34.3 Å². The Labute approximate surface area is 116 Å². The molecule has 0 amide bonds. The molecule has 0 saturated carbocycles. The second-order valence-corrected chi connectivity index (χ2v) is 5.07. The Bertz CT molecular complexity index is 354. The zero-order valence-electron chi connectivity index (χ0n) is 11.6. The van der Waals surface area contributed by atoms with E-state index >= 15 is 0 Å². The molecule has 0 heterocycles. The van der Waals surface area contributed by atoms with Crippen LogP contribution in [0, 0.1) is 6.92 Å². The molecule has 0 fully saturated rings. The van der Waals surface area contributed by atoms with Gasteiger partial charge in [0.2, 0.25) is 0 Å². The maximum Gasteiger partial charge on any atom is 0.0462 e. The van der Waals surface area contributed by atoms with Crippen molar-refractivity contribution in [2.75, 3.05) is 20.3 Å². The quantitative estimate of drug-likeness (QED) is 0.717. The van der Waals surface area contributed by atoms with Crippen LogP contribution in [0.15, 0.2) is 18.2 Å². The van der Waals surface area contributed by atoms with Crippen LogP contribution in [0.4, 0.5) is 0 Å². The largest absolute Gasteiger partial charge is 0.385 e. The van der Waals surface area contributed by atoms with E-state index in [9.17, 15) is 0 Å². The van der Waals surface area contributed by atoms with Gasteiger partial charge in [0.1, 0.15) is 0 Å². The fourth-order valence-corrected chi connectivity index (χ4v) is 2.40. The number of hydrogen-bond acceptors (Lipinski definition) is 2. The van der Waals surface area contributed by atoms with Crippen molar-refractivity contribution in [2.45, 2.75) is 39.2 Å². The summed E-state index contributed by atoms with van der Waals surface area (Å²) in [5.41, 5.74) is 2.40. The van der Waals surface area contributed by atoms with Gasteiger partial charge >= 0.3 is 0 Å². The number of benzene rings is 1. The van der Waals surface area contributed by atoms with Crippen molar-refractivity contribution in [1.29, 1.82) is 0 Å². The lowest BCUT2D eigenvalue weighted by atomic mass is 10.0. The summed E-state index contributed by atoms with van der Waals surface area (Å²) in [6, 6.07) is 6.62. The second kappa shape index (κ2) is 8.52. The minimum absolute atomic E-state index is 0.327. The molecule has 0 aliphatic rings. The van der Waals surface area contributed by atoms with Crippen LogP contribution in [0.1, 0.15) is 43.4 Å². The molecular formula is C15H24ClNO. The SMILES string of the molecule is CCCNC(CCCOC)c1ccc(C)cc1Cl. The van der Waals surface area contributed by atoms with Gasteiger partial charge in [-0.25, -0.2) is 0 Å². The summed E-state index contributed by atoms with van der Waals surface area (Å²) >= 11 is 6.34. The van der Waals surface area contributed by atoms with Gasteiger partial charge in [0, 0.05) is 24.8 Å². The highest BCUT2D eigenvalue weighted by Gasteiger charge is 2.13. The van der Waals surface area contributed by atoms with E-state index < -0.39 is 0 Å². The lowest BCUT2D eigenvalue weighted by Crippen LogP contribution is -2.22. The summed E-state index contributed by atoms with van der Waals surface area (Å²) in [6.45, 7) is 6.06. The summed E-state index contributed by atoms with van der Waals surface area (Å²) in [7, 11) is 1.74. The number of rotatable bonds is 8. The van der Waals surface area contributed by atoms with E-state index in [1.165, 1.54) is 11.1 Å². The van der Waals surface area contributed by atoms with Gasteiger partial charge in [-0.1, -0.05) is 30.7 Å². The van der Waals surface area contributed by atoms with E-state index in [1.807, 2.05) is 6.07 Å². The van der Waals surface area contributed by atoms with Crippen LogP contribution in [0.25, 0.3) is 0 Å². The molecular weight excluding hydrogens is 246 g/mol. The Hall–Kier alpha value is -0.570. The van der Waals surface area contributed by atoms with E-state index in [-0.39, 0.29) is 0 Å². The maximum atomic E-state index is 6.34. The molecule has 0 radical (unpaired) electrons. The molecule has 0 bridgehead atoms. The Kier molecular flexibility index (Phi) is 7.33. The minimum atomic E-state index is 0.327. The molecule has 1 aromatic rings. The standard InChI is InChI=1S/C15H24ClNO/c1-4-9-17-15(6-5-10-18-3)13-8-7-12(2)11-14(13)16/h7-8,11,15,17H,4-6,9-10H2,1-3H3. The molecule has 1 unspecified atom stereocenters. The first-order chi connectivity index (χ1) is 8.69. The van der Waals surface area contributed by atoms with Gasteiger partial charge in [-0.2, -0.15) is 0 Å². The normalized spacial score (nSPS) is 12.7. The van der Waals surface area contributed by atoms with Crippen LogP contribution >= 0.6 is 11.6 Å². The topological polar surface area (TPSA) is 21.3 Å². The molecule has 102 valence electrons. The first kappa shape index (κ1) is 15.5. The summed E-state index contributed by atoms with van der Waals surface area (Å²) in [5.74, 6) is 0. The molecule has 3 heteroatoms. The molecule has 0 saturated heterocycles. The van der Waals surface area contributed by atoms with Gasteiger partial charge < -0.3 is 10.1 Å². The lowest BCUT2D eigenvalue weighted by Gasteiger charge is -2.20. The third-order valence-electron chi connectivity index (χ3n) is 3.01. The molecule has 0 aliphatic heterocycles. The van der Waals surface area contributed by atoms with Gasteiger partial charge in [-0.15, -0.1) is 0 Å². The summed E-state index contributed by atoms with van der Waals surface area (Å²) in [4.78, 5) is 0. The van der Waals surface area contributed by atoms with Crippen molar-refractivity contribution >= 4 is 11.6 Å². The van der Waals surface area contributed by atoms with Crippen molar-refractivity contribution in [2.24, 2.45) is 0 Å². The third-order valence-corrected chi connectivity index (χ3v) is 3.34. The fraction of sp³-hybridized carbons (Fsp3) is 0.600. The van der Waals surface area contributed by atoms with Crippen LogP contribution in [-0.4, -0.2) is 20.3 Å². The number of hydrogen-bond donors (Lipinski definition) is 1. The summed E-state index contributed by atoms with van der Waals surface area (Å²) in [6.07, 6.45) is 3.23. The molecule has 0 aliphatic carbocycles. The average Bonchev–Trinajstić information content (AvgIpc) is 2.34. The smallest absolute Gasteiger partial charge is 0.0462 e. The third kappa shape index (κ3) is 4.97. The number of ether oxygens (including phenoxy) is 1. The number of methoxy groups -OCH3 is 1. The van der Waals surface area contributed by atoms with Gasteiger partial charge in [0.25, 0.3) is 0 Å². The number of halogens is 1. The van der Waals surface area contributed by atoms with Gasteiger partial charge in [0.05, 0.1) is 0 Å². The fourth-order valence-electron chi connectivity index (χ4n) is 2.03. The molecule has 1 atom stereocenters. The molecule has 1 N–H and O–H groups in total. The Morgan fingerprint density at radius 1 is 1.39 bits per heavy atom. The lowest BCUT2D eigenvalue weighted by molar-refractivity contribution is 0.188.